The third-order valence-corrected chi connectivity index (χ3v) is 4.39. The molecule has 27 heavy (non-hydrogen) atoms. The van der Waals surface area contributed by atoms with Gasteiger partial charge in [-0.05, 0) is 25.1 Å². The summed E-state index contributed by atoms with van der Waals surface area (Å²) < 4.78 is 5.37. The van der Waals surface area contributed by atoms with Crippen LogP contribution >= 0.6 is 0 Å². The summed E-state index contributed by atoms with van der Waals surface area (Å²) in [6.07, 6.45) is 0. The van der Waals surface area contributed by atoms with Crippen LogP contribution in [-0.2, 0) is 19.6 Å². The Labute approximate surface area is 160 Å². The Morgan fingerprint density at radius 2 is 1.59 bits per heavy atom. The first-order chi connectivity index (χ1) is 13.0. The van der Waals surface area contributed by atoms with Gasteiger partial charge in [0.1, 0.15) is 0 Å². The Hall–Kier alpha value is -2.92. The van der Waals surface area contributed by atoms with Crippen molar-refractivity contribution in [3.8, 4) is 0 Å². The number of rotatable bonds is 7. The number of hydrogen-bond acceptors (Lipinski definition) is 4. The molecule has 0 fully saturated rings. The Kier molecular flexibility index (Phi) is 6.04. The van der Waals surface area contributed by atoms with E-state index in [-0.39, 0.29) is 5.91 Å². The van der Waals surface area contributed by atoms with Crippen molar-refractivity contribution in [2.75, 3.05) is 14.1 Å². The predicted octanol–water partition coefficient (Wildman–Crippen LogP) is 3.89. The van der Waals surface area contributed by atoms with Gasteiger partial charge in [-0.3, -0.25) is 9.69 Å². The fraction of sp³-hybridized carbons (Fsp3) is 0.273. The lowest BCUT2D eigenvalue weighted by atomic mass is 10.1. The highest BCUT2D eigenvalue weighted by molar-refractivity contribution is 5.92. The number of aryl methyl sites for hydroxylation is 1. The van der Waals surface area contributed by atoms with Crippen LogP contribution in [0, 0.1) is 6.92 Å². The normalized spacial score (nSPS) is 11.0. The second kappa shape index (κ2) is 8.64. The lowest BCUT2D eigenvalue weighted by Gasteiger charge is -2.15. The van der Waals surface area contributed by atoms with Crippen molar-refractivity contribution in [1.82, 2.24) is 15.0 Å². The van der Waals surface area contributed by atoms with E-state index < -0.39 is 0 Å². The molecule has 0 N–H and O–H groups in total. The zero-order valence-corrected chi connectivity index (χ0v) is 16.1. The average molecular weight is 363 g/mol. The molecule has 3 aromatic rings. The number of hydrogen-bond donors (Lipinski definition) is 0. The first kappa shape index (κ1) is 18.9. The standard InChI is InChI=1S/C22H25N3O2/c1-17-9-11-19(12-10-17)15-25(3)22(26)21-13-20(27-23-21)16-24(2)14-18-7-5-4-6-8-18/h4-13H,14-16H2,1-3H3. The molecule has 2 aromatic carbocycles. The molecule has 0 aliphatic carbocycles. The summed E-state index contributed by atoms with van der Waals surface area (Å²) >= 11 is 0. The smallest absolute Gasteiger partial charge is 0.276 e. The molecule has 1 heterocycles. The summed E-state index contributed by atoms with van der Waals surface area (Å²) in [6, 6.07) is 20.1. The van der Waals surface area contributed by atoms with Crippen LogP contribution in [0.1, 0.15) is 32.9 Å². The lowest BCUT2D eigenvalue weighted by molar-refractivity contribution is 0.0774. The van der Waals surface area contributed by atoms with E-state index in [9.17, 15) is 4.79 Å². The van der Waals surface area contributed by atoms with Crippen LogP contribution in [0.5, 0.6) is 0 Å². The molecule has 0 atom stereocenters. The molecule has 0 radical (unpaired) electrons. The molecule has 0 unspecified atom stereocenters. The van der Waals surface area contributed by atoms with Crippen molar-refractivity contribution in [2.45, 2.75) is 26.6 Å². The average Bonchev–Trinajstić information content (AvgIpc) is 3.12. The molecule has 1 aromatic heterocycles. The van der Waals surface area contributed by atoms with Crippen LogP contribution in [-0.4, -0.2) is 35.0 Å². The Morgan fingerprint density at radius 3 is 2.30 bits per heavy atom. The van der Waals surface area contributed by atoms with Crippen LogP contribution in [0.25, 0.3) is 0 Å². The first-order valence-electron chi connectivity index (χ1n) is 9.00. The minimum atomic E-state index is -0.142. The van der Waals surface area contributed by atoms with E-state index in [0.717, 1.165) is 12.1 Å². The molecule has 1 amide bonds. The molecule has 140 valence electrons. The summed E-state index contributed by atoms with van der Waals surface area (Å²) in [5, 5.41) is 3.96. The third-order valence-electron chi connectivity index (χ3n) is 4.39. The van der Waals surface area contributed by atoms with Crippen molar-refractivity contribution in [3.63, 3.8) is 0 Å². The topological polar surface area (TPSA) is 49.6 Å². The highest BCUT2D eigenvalue weighted by Crippen LogP contribution is 2.13. The van der Waals surface area contributed by atoms with Gasteiger partial charge in [0.15, 0.2) is 11.5 Å². The monoisotopic (exact) mass is 363 g/mol. The number of nitrogens with zero attached hydrogens (tertiary/aromatic N) is 3. The Bertz CT molecular complexity index is 872. The zero-order chi connectivity index (χ0) is 19.2. The van der Waals surface area contributed by atoms with Gasteiger partial charge in [0.2, 0.25) is 0 Å². The predicted molar refractivity (Wildman–Crippen MR) is 105 cm³/mol. The van der Waals surface area contributed by atoms with Crippen LogP contribution < -0.4 is 0 Å². The third kappa shape index (κ3) is 5.28. The number of amides is 1. The van der Waals surface area contributed by atoms with Crippen LogP contribution in [0.4, 0.5) is 0 Å². The molecule has 5 heteroatoms. The van der Waals surface area contributed by atoms with E-state index >= 15 is 0 Å². The van der Waals surface area contributed by atoms with Gasteiger partial charge in [-0.1, -0.05) is 65.3 Å². The van der Waals surface area contributed by atoms with Crippen LogP contribution in [0.3, 0.4) is 0 Å². The zero-order valence-electron chi connectivity index (χ0n) is 16.1. The molecular formula is C22H25N3O2. The van der Waals surface area contributed by atoms with Crippen molar-refractivity contribution >= 4 is 5.91 Å². The molecule has 0 saturated carbocycles. The number of carbonyl (C=O) groups excluding carboxylic acids is 1. The van der Waals surface area contributed by atoms with Crippen LogP contribution in [0.15, 0.2) is 65.2 Å². The van der Waals surface area contributed by atoms with Crippen LogP contribution in [0.2, 0.25) is 0 Å². The first-order valence-corrected chi connectivity index (χ1v) is 9.00. The Morgan fingerprint density at radius 1 is 0.926 bits per heavy atom. The van der Waals surface area contributed by atoms with Gasteiger partial charge in [0.05, 0.1) is 6.54 Å². The molecule has 3 rings (SSSR count). The fourth-order valence-electron chi connectivity index (χ4n) is 2.94. The maximum absolute atomic E-state index is 12.6. The Balaban J connectivity index is 1.57. The van der Waals surface area contributed by atoms with Gasteiger partial charge in [-0.2, -0.15) is 0 Å². The second-order valence-electron chi connectivity index (χ2n) is 6.98. The van der Waals surface area contributed by atoms with Gasteiger partial charge in [0, 0.05) is 26.2 Å². The fourth-order valence-corrected chi connectivity index (χ4v) is 2.94. The van der Waals surface area contributed by atoms with Gasteiger partial charge in [-0.15, -0.1) is 0 Å². The van der Waals surface area contributed by atoms with Crippen molar-refractivity contribution < 1.29 is 9.32 Å². The van der Waals surface area contributed by atoms with Crippen molar-refractivity contribution in [3.05, 3.63) is 88.8 Å². The molecular weight excluding hydrogens is 338 g/mol. The van der Waals surface area contributed by atoms with Gasteiger partial charge in [0.25, 0.3) is 5.91 Å². The summed E-state index contributed by atoms with van der Waals surface area (Å²) in [4.78, 5) is 16.4. The molecule has 0 aliphatic rings. The highest BCUT2D eigenvalue weighted by Gasteiger charge is 2.18. The molecule has 0 spiro atoms. The van der Waals surface area contributed by atoms with Crippen molar-refractivity contribution in [1.29, 1.82) is 0 Å². The second-order valence-corrected chi connectivity index (χ2v) is 6.98. The highest BCUT2D eigenvalue weighted by atomic mass is 16.5. The van der Waals surface area contributed by atoms with E-state index in [0.29, 0.717) is 24.5 Å². The molecule has 0 bridgehead atoms. The summed E-state index contributed by atoms with van der Waals surface area (Å²) in [5.41, 5.74) is 3.86. The summed E-state index contributed by atoms with van der Waals surface area (Å²) in [6.45, 7) is 3.98. The number of benzene rings is 2. The van der Waals surface area contributed by atoms with Gasteiger partial charge < -0.3 is 9.42 Å². The molecule has 0 aliphatic heterocycles. The minimum absolute atomic E-state index is 0.142. The largest absolute Gasteiger partial charge is 0.359 e. The van der Waals surface area contributed by atoms with E-state index in [4.69, 9.17) is 4.52 Å². The molecule has 5 nitrogen and oxygen atoms in total. The van der Waals surface area contributed by atoms with E-state index in [1.165, 1.54) is 11.1 Å². The van der Waals surface area contributed by atoms with Crippen molar-refractivity contribution in [2.24, 2.45) is 0 Å². The van der Waals surface area contributed by atoms with Gasteiger partial charge >= 0.3 is 0 Å². The SMILES string of the molecule is Cc1ccc(CN(C)C(=O)c2cc(CN(C)Cc3ccccc3)on2)cc1. The minimum Gasteiger partial charge on any atom is -0.359 e. The number of carbonyl (C=O) groups is 1. The lowest BCUT2D eigenvalue weighted by Crippen LogP contribution is -2.26. The quantitative estimate of drug-likeness (QED) is 0.639. The maximum atomic E-state index is 12.6. The van der Waals surface area contributed by atoms with E-state index in [2.05, 4.69) is 22.2 Å². The van der Waals surface area contributed by atoms with Gasteiger partial charge in [-0.25, -0.2) is 0 Å². The summed E-state index contributed by atoms with van der Waals surface area (Å²) in [7, 11) is 3.79. The number of aromatic nitrogens is 1. The van der Waals surface area contributed by atoms with E-state index in [1.807, 2.05) is 56.4 Å². The van der Waals surface area contributed by atoms with E-state index in [1.54, 1.807) is 18.0 Å². The maximum Gasteiger partial charge on any atom is 0.276 e. The summed E-state index contributed by atoms with van der Waals surface area (Å²) in [5.74, 6) is 0.539. The molecule has 0 saturated heterocycles.